The molecule has 4 rings (SSSR count). The zero-order valence-corrected chi connectivity index (χ0v) is 19.4. The van der Waals surface area contributed by atoms with Crippen molar-refractivity contribution < 1.29 is 33.0 Å². The quantitative estimate of drug-likeness (QED) is 0.577. The summed E-state index contributed by atoms with van der Waals surface area (Å²) in [7, 11) is 0. The van der Waals surface area contributed by atoms with Crippen LogP contribution in [0, 0.1) is 0 Å². The van der Waals surface area contributed by atoms with Crippen LogP contribution in [0.5, 0.6) is 0 Å². The Morgan fingerprint density at radius 2 is 1.71 bits per heavy atom. The number of benzene rings is 2. The Balaban J connectivity index is 1.23. The number of ether oxygens (including phenoxy) is 1. The predicted octanol–water partition coefficient (Wildman–Crippen LogP) is 4.40. The zero-order chi connectivity index (χ0) is 25.2. The molecular formula is C26H28F2N2O5. The van der Waals surface area contributed by atoms with Crippen LogP contribution in [-0.4, -0.2) is 59.1 Å². The molecule has 1 unspecified atom stereocenters. The number of halogens is 2. The van der Waals surface area contributed by atoms with Crippen molar-refractivity contribution in [2.75, 3.05) is 13.2 Å². The maximum absolute atomic E-state index is 13.6. The first-order valence-electron chi connectivity index (χ1n) is 11.7. The lowest BCUT2D eigenvalue weighted by Gasteiger charge is -2.21. The second-order valence-corrected chi connectivity index (χ2v) is 9.20. The standard InChI is InChI=1S/C26H28F2N2O5/c1-16(7-6-12-23(31)30-15-26(27,28)13-22(30)24(32)33)29-25(34)35-14-21-19-10-4-2-8-17(19)18-9-3-5-11-20(18)21/h2-5,8-11,16,21-22H,6-7,12-15H2,1H3,(H,29,34)(H,32,33)/t16?,22-/m1/s1. The van der Waals surface area contributed by atoms with Crippen molar-refractivity contribution in [1.82, 2.24) is 10.2 Å². The summed E-state index contributed by atoms with van der Waals surface area (Å²) in [6.45, 7) is 1.07. The van der Waals surface area contributed by atoms with Crippen molar-refractivity contribution in [3.05, 3.63) is 59.7 Å². The van der Waals surface area contributed by atoms with Crippen LogP contribution in [0.25, 0.3) is 11.1 Å². The van der Waals surface area contributed by atoms with E-state index >= 15 is 0 Å². The fourth-order valence-corrected chi connectivity index (χ4v) is 4.92. The van der Waals surface area contributed by atoms with Crippen LogP contribution < -0.4 is 5.32 Å². The lowest BCUT2D eigenvalue weighted by atomic mass is 9.98. The molecule has 9 heteroatoms. The number of fused-ring (bicyclic) bond motifs is 3. The summed E-state index contributed by atoms with van der Waals surface area (Å²) >= 11 is 0. The molecule has 1 fully saturated rings. The molecule has 2 amide bonds. The Hall–Kier alpha value is -3.49. The number of carboxylic acids is 1. The number of amides is 2. The highest BCUT2D eigenvalue weighted by atomic mass is 19.3. The fourth-order valence-electron chi connectivity index (χ4n) is 4.92. The van der Waals surface area contributed by atoms with Crippen molar-refractivity contribution in [1.29, 1.82) is 0 Å². The maximum atomic E-state index is 13.6. The van der Waals surface area contributed by atoms with Gasteiger partial charge in [-0.15, -0.1) is 0 Å². The number of nitrogens with one attached hydrogen (secondary N) is 1. The van der Waals surface area contributed by atoms with Gasteiger partial charge in [0.25, 0.3) is 5.92 Å². The minimum Gasteiger partial charge on any atom is -0.480 e. The van der Waals surface area contributed by atoms with E-state index < -0.39 is 42.9 Å². The van der Waals surface area contributed by atoms with Gasteiger partial charge in [-0.3, -0.25) is 4.79 Å². The molecule has 2 N–H and O–H groups in total. The van der Waals surface area contributed by atoms with Crippen molar-refractivity contribution in [3.63, 3.8) is 0 Å². The molecule has 1 aliphatic carbocycles. The first-order chi connectivity index (χ1) is 16.7. The molecule has 2 aromatic carbocycles. The molecule has 0 aromatic heterocycles. The van der Waals surface area contributed by atoms with Crippen molar-refractivity contribution in [3.8, 4) is 11.1 Å². The third-order valence-electron chi connectivity index (χ3n) is 6.61. The molecule has 2 aromatic rings. The predicted molar refractivity (Wildman–Crippen MR) is 124 cm³/mol. The van der Waals surface area contributed by atoms with Gasteiger partial charge in [-0.05, 0) is 42.0 Å². The first kappa shape index (κ1) is 24.6. The Morgan fingerprint density at radius 1 is 1.11 bits per heavy atom. The van der Waals surface area contributed by atoms with Gasteiger partial charge in [0.1, 0.15) is 12.6 Å². The van der Waals surface area contributed by atoms with E-state index in [-0.39, 0.29) is 25.0 Å². The van der Waals surface area contributed by atoms with Gasteiger partial charge in [0.15, 0.2) is 0 Å². The molecule has 0 radical (unpaired) electrons. The number of alkyl carbamates (subject to hydrolysis) is 1. The van der Waals surface area contributed by atoms with Gasteiger partial charge in [-0.25, -0.2) is 18.4 Å². The van der Waals surface area contributed by atoms with Crippen LogP contribution in [0.1, 0.15) is 49.7 Å². The Kier molecular flexibility index (Phi) is 7.05. The molecule has 0 bridgehead atoms. The molecule has 1 saturated heterocycles. The fraction of sp³-hybridized carbons (Fsp3) is 0.423. The van der Waals surface area contributed by atoms with Crippen LogP contribution in [0.3, 0.4) is 0 Å². The minimum atomic E-state index is -3.20. The molecular weight excluding hydrogens is 458 g/mol. The topological polar surface area (TPSA) is 95.9 Å². The normalized spacial score (nSPS) is 19.1. The Labute approximate surface area is 202 Å². The Bertz CT molecular complexity index is 1080. The molecule has 7 nitrogen and oxygen atoms in total. The van der Waals surface area contributed by atoms with E-state index in [1.807, 2.05) is 36.4 Å². The molecule has 2 aliphatic rings. The van der Waals surface area contributed by atoms with Gasteiger partial charge in [-0.2, -0.15) is 0 Å². The number of nitrogens with zero attached hydrogens (tertiary/aromatic N) is 1. The Morgan fingerprint density at radius 3 is 2.31 bits per heavy atom. The lowest BCUT2D eigenvalue weighted by molar-refractivity contribution is -0.148. The third-order valence-corrected chi connectivity index (χ3v) is 6.61. The largest absolute Gasteiger partial charge is 0.480 e. The van der Waals surface area contributed by atoms with Gasteiger partial charge in [0.2, 0.25) is 5.91 Å². The summed E-state index contributed by atoms with van der Waals surface area (Å²) in [5, 5.41) is 11.9. The monoisotopic (exact) mass is 486 g/mol. The van der Waals surface area contributed by atoms with E-state index in [1.165, 1.54) is 0 Å². The van der Waals surface area contributed by atoms with Crippen LogP contribution in [0.15, 0.2) is 48.5 Å². The van der Waals surface area contributed by atoms with E-state index in [9.17, 15) is 23.2 Å². The minimum absolute atomic E-state index is 0.0538. The summed E-state index contributed by atoms with van der Waals surface area (Å²) in [4.78, 5) is 36.6. The number of rotatable bonds is 8. The van der Waals surface area contributed by atoms with E-state index in [1.54, 1.807) is 6.92 Å². The van der Waals surface area contributed by atoms with Crippen molar-refractivity contribution in [2.24, 2.45) is 0 Å². The molecule has 1 heterocycles. The highest BCUT2D eigenvalue weighted by Crippen LogP contribution is 2.44. The number of hydrogen-bond acceptors (Lipinski definition) is 4. The van der Waals surface area contributed by atoms with Gasteiger partial charge < -0.3 is 20.1 Å². The molecule has 0 saturated carbocycles. The van der Waals surface area contributed by atoms with E-state index in [0.29, 0.717) is 12.8 Å². The first-order valence-corrected chi connectivity index (χ1v) is 11.7. The molecule has 186 valence electrons. The average molecular weight is 487 g/mol. The number of carboxylic acid groups (broad SMARTS) is 1. The van der Waals surface area contributed by atoms with Gasteiger partial charge in [-0.1, -0.05) is 48.5 Å². The van der Waals surface area contributed by atoms with Crippen molar-refractivity contribution >= 4 is 18.0 Å². The van der Waals surface area contributed by atoms with Crippen molar-refractivity contribution in [2.45, 2.75) is 56.5 Å². The lowest BCUT2D eigenvalue weighted by Crippen LogP contribution is -2.41. The van der Waals surface area contributed by atoms with Crippen LogP contribution in [-0.2, 0) is 14.3 Å². The highest BCUT2D eigenvalue weighted by Gasteiger charge is 2.49. The number of alkyl halides is 2. The van der Waals surface area contributed by atoms with Crippen LogP contribution in [0.2, 0.25) is 0 Å². The highest BCUT2D eigenvalue weighted by molar-refractivity contribution is 5.84. The van der Waals surface area contributed by atoms with E-state index in [4.69, 9.17) is 9.84 Å². The summed E-state index contributed by atoms with van der Waals surface area (Å²) in [5.41, 5.74) is 4.49. The molecule has 35 heavy (non-hydrogen) atoms. The van der Waals surface area contributed by atoms with Crippen LogP contribution in [0.4, 0.5) is 13.6 Å². The number of aliphatic carboxylic acids is 1. The number of hydrogen-bond donors (Lipinski definition) is 2. The van der Waals surface area contributed by atoms with Gasteiger partial charge in [0, 0.05) is 24.8 Å². The summed E-state index contributed by atoms with van der Waals surface area (Å²) in [5.74, 6) is -5.30. The van der Waals surface area contributed by atoms with Gasteiger partial charge >= 0.3 is 12.1 Å². The third kappa shape index (κ3) is 5.44. The summed E-state index contributed by atoms with van der Waals surface area (Å²) < 4.78 is 32.7. The number of carbonyl (C=O) groups excluding carboxylic acids is 2. The maximum Gasteiger partial charge on any atom is 0.407 e. The van der Waals surface area contributed by atoms with Gasteiger partial charge in [0.05, 0.1) is 6.54 Å². The SMILES string of the molecule is CC(CCCC(=O)N1CC(F)(F)C[C@@H]1C(=O)O)NC(=O)OCC1c2ccccc2-c2ccccc21. The van der Waals surface area contributed by atoms with Crippen LogP contribution >= 0.6 is 0 Å². The molecule has 1 aliphatic heterocycles. The number of carbonyl (C=O) groups is 3. The molecule has 2 atom stereocenters. The average Bonchev–Trinajstić information content (AvgIpc) is 3.32. The number of likely N-dealkylation sites (tertiary alicyclic amines) is 1. The molecule has 0 spiro atoms. The summed E-state index contributed by atoms with van der Waals surface area (Å²) in [6, 6.07) is 14.2. The smallest absolute Gasteiger partial charge is 0.407 e. The zero-order valence-electron chi connectivity index (χ0n) is 19.4. The van der Waals surface area contributed by atoms with E-state index in [2.05, 4.69) is 17.4 Å². The second kappa shape index (κ2) is 10.0. The summed E-state index contributed by atoms with van der Waals surface area (Å²) in [6.07, 6.45) is -0.781. The van der Waals surface area contributed by atoms with E-state index in [0.717, 1.165) is 27.2 Å². The second-order valence-electron chi connectivity index (χ2n) is 9.20.